The average molecular weight is 471 g/mol. The van der Waals surface area contributed by atoms with E-state index in [0.29, 0.717) is 30.2 Å². The standard InChI is InChI=1S/C23H24F3N7O/c1-14-5-3-10-33(18(14)13-31-22-29-11-16(12-30-22)23(24,25)26)21(34)19-17(7-6-15(2)32-19)20-27-8-4-9-28-20/h4,6-9,11-12,14,18H,3,5,10,13H2,1-2H3,(H,29,30,31)/t14-,18?/m1/s1. The summed E-state index contributed by atoms with van der Waals surface area (Å²) in [6, 6.07) is 5.08. The number of carbonyl (C=O) groups is 1. The molecule has 1 saturated heterocycles. The molecule has 0 bridgehead atoms. The SMILES string of the molecule is Cc1ccc(-c2ncccn2)c(C(=O)N2CCC[C@@H](C)C2CNc2ncc(C(F)(F)F)cn2)n1. The van der Waals surface area contributed by atoms with Crippen LogP contribution in [0.2, 0.25) is 0 Å². The van der Waals surface area contributed by atoms with E-state index in [1.165, 1.54) is 0 Å². The minimum Gasteiger partial charge on any atom is -0.352 e. The van der Waals surface area contributed by atoms with E-state index in [4.69, 9.17) is 0 Å². The van der Waals surface area contributed by atoms with Crippen LogP contribution in [0.1, 0.15) is 41.5 Å². The van der Waals surface area contributed by atoms with E-state index >= 15 is 0 Å². The number of alkyl halides is 3. The van der Waals surface area contributed by atoms with Crippen LogP contribution in [0.25, 0.3) is 11.4 Å². The Morgan fingerprint density at radius 2 is 1.85 bits per heavy atom. The van der Waals surface area contributed by atoms with Crippen molar-refractivity contribution in [3.8, 4) is 11.4 Å². The van der Waals surface area contributed by atoms with Crippen LogP contribution in [0, 0.1) is 12.8 Å². The summed E-state index contributed by atoms with van der Waals surface area (Å²) in [6.07, 6.45) is 1.95. The number of aromatic nitrogens is 5. The third-order valence-electron chi connectivity index (χ3n) is 5.87. The highest BCUT2D eigenvalue weighted by Gasteiger charge is 2.35. The number of pyridine rings is 1. The van der Waals surface area contributed by atoms with Crippen molar-refractivity contribution in [2.75, 3.05) is 18.4 Å². The van der Waals surface area contributed by atoms with Crippen LogP contribution < -0.4 is 5.32 Å². The number of rotatable bonds is 5. The first kappa shape index (κ1) is 23.5. The molecule has 4 rings (SSSR count). The Kier molecular flexibility index (Phi) is 6.71. The number of carbonyl (C=O) groups excluding carboxylic acids is 1. The summed E-state index contributed by atoms with van der Waals surface area (Å²) in [4.78, 5) is 36.1. The van der Waals surface area contributed by atoms with Gasteiger partial charge in [-0.15, -0.1) is 0 Å². The van der Waals surface area contributed by atoms with Crippen molar-refractivity contribution in [3.05, 3.63) is 59.9 Å². The van der Waals surface area contributed by atoms with E-state index in [1.807, 2.05) is 19.9 Å². The molecule has 1 aliphatic rings. The van der Waals surface area contributed by atoms with Gasteiger partial charge in [0.2, 0.25) is 5.95 Å². The van der Waals surface area contributed by atoms with Crippen molar-refractivity contribution in [1.82, 2.24) is 29.8 Å². The molecular formula is C23H24F3N7O. The molecule has 1 N–H and O–H groups in total. The first-order valence-corrected chi connectivity index (χ1v) is 10.9. The van der Waals surface area contributed by atoms with Gasteiger partial charge in [0.25, 0.3) is 5.91 Å². The van der Waals surface area contributed by atoms with Gasteiger partial charge in [0.1, 0.15) is 5.69 Å². The lowest BCUT2D eigenvalue weighted by Gasteiger charge is -2.40. The Bertz CT molecular complexity index is 1140. The number of piperidine rings is 1. The maximum absolute atomic E-state index is 13.7. The highest BCUT2D eigenvalue weighted by atomic mass is 19.4. The number of likely N-dealkylation sites (tertiary alicyclic amines) is 1. The summed E-state index contributed by atoms with van der Waals surface area (Å²) >= 11 is 0. The van der Waals surface area contributed by atoms with Gasteiger partial charge in [0, 0.05) is 43.6 Å². The van der Waals surface area contributed by atoms with E-state index in [2.05, 4.69) is 30.2 Å². The van der Waals surface area contributed by atoms with E-state index in [0.717, 1.165) is 25.2 Å². The molecule has 4 heterocycles. The third-order valence-corrected chi connectivity index (χ3v) is 5.87. The molecule has 0 saturated carbocycles. The molecule has 0 aliphatic carbocycles. The predicted octanol–water partition coefficient (Wildman–Crippen LogP) is 4.01. The fourth-order valence-electron chi connectivity index (χ4n) is 4.05. The zero-order chi connectivity index (χ0) is 24.3. The van der Waals surface area contributed by atoms with Crippen LogP contribution in [-0.4, -0.2) is 54.9 Å². The Morgan fingerprint density at radius 3 is 2.53 bits per heavy atom. The summed E-state index contributed by atoms with van der Waals surface area (Å²) in [5.41, 5.74) is 0.603. The molecule has 2 atom stereocenters. The molecule has 1 aliphatic heterocycles. The van der Waals surface area contributed by atoms with Crippen molar-refractivity contribution in [3.63, 3.8) is 0 Å². The number of anilines is 1. The second-order valence-electron chi connectivity index (χ2n) is 8.28. The lowest BCUT2D eigenvalue weighted by atomic mass is 9.90. The number of nitrogens with zero attached hydrogens (tertiary/aromatic N) is 6. The number of amides is 1. The minimum atomic E-state index is -4.50. The third kappa shape index (κ3) is 5.13. The second-order valence-corrected chi connectivity index (χ2v) is 8.28. The number of aryl methyl sites for hydroxylation is 1. The molecule has 0 aromatic carbocycles. The van der Waals surface area contributed by atoms with Gasteiger partial charge < -0.3 is 10.2 Å². The van der Waals surface area contributed by atoms with Crippen molar-refractivity contribution in [2.45, 2.75) is 38.9 Å². The zero-order valence-corrected chi connectivity index (χ0v) is 18.8. The molecule has 11 heteroatoms. The highest BCUT2D eigenvalue weighted by Crippen LogP contribution is 2.29. The van der Waals surface area contributed by atoms with E-state index < -0.39 is 11.7 Å². The molecule has 0 radical (unpaired) electrons. The fourth-order valence-corrected chi connectivity index (χ4v) is 4.05. The van der Waals surface area contributed by atoms with Gasteiger partial charge in [-0.2, -0.15) is 13.2 Å². The molecule has 1 fully saturated rings. The van der Waals surface area contributed by atoms with Gasteiger partial charge in [0.05, 0.1) is 17.2 Å². The van der Waals surface area contributed by atoms with Gasteiger partial charge in [0.15, 0.2) is 5.82 Å². The Morgan fingerprint density at radius 1 is 1.15 bits per heavy atom. The molecule has 178 valence electrons. The number of hydrogen-bond donors (Lipinski definition) is 1. The number of hydrogen-bond acceptors (Lipinski definition) is 7. The largest absolute Gasteiger partial charge is 0.419 e. The number of nitrogens with one attached hydrogen (secondary N) is 1. The molecule has 0 spiro atoms. The van der Waals surface area contributed by atoms with Gasteiger partial charge in [-0.1, -0.05) is 6.92 Å². The summed E-state index contributed by atoms with van der Waals surface area (Å²) < 4.78 is 38.3. The topological polar surface area (TPSA) is 96.8 Å². The van der Waals surface area contributed by atoms with E-state index in [-0.39, 0.29) is 29.5 Å². The van der Waals surface area contributed by atoms with Crippen LogP contribution in [0.4, 0.5) is 19.1 Å². The second kappa shape index (κ2) is 9.70. The van der Waals surface area contributed by atoms with E-state index in [9.17, 15) is 18.0 Å². The van der Waals surface area contributed by atoms with Crippen LogP contribution in [0.15, 0.2) is 43.0 Å². The monoisotopic (exact) mass is 471 g/mol. The van der Waals surface area contributed by atoms with Gasteiger partial charge >= 0.3 is 6.18 Å². The smallest absolute Gasteiger partial charge is 0.352 e. The van der Waals surface area contributed by atoms with Crippen LogP contribution in [-0.2, 0) is 6.18 Å². The average Bonchev–Trinajstić information content (AvgIpc) is 2.83. The quantitative estimate of drug-likeness (QED) is 0.601. The summed E-state index contributed by atoms with van der Waals surface area (Å²) in [5.74, 6) is 0.403. The molecule has 1 unspecified atom stereocenters. The Balaban J connectivity index is 1.57. The lowest BCUT2D eigenvalue weighted by Crippen LogP contribution is -2.51. The first-order chi connectivity index (χ1) is 16.2. The van der Waals surface area contributed by atoms with Gasteiger partial charge in [-0.3, -0.25) is 4.79 Å². The maximum atomic E-state index is 13.7. The Labute approximate surface area is 194 Å². The van der Waals surface area contributed by atoms with Crippen LogP contribution in [0.3, 0.4) is 0 Å². The fraction of sp³-hybridized carbons (Fsp3) is 0.391. The minimum absolute atomic E-state index is 0.0743. The zero-order valence-electron chi connectivity index (χ0n) is 18.8. The predicted molar refractivity (Wildman–Crippen MR) is 119 cm³/mol. The molecule has 34 heavy (non-hydrogen) atoms. The Hall–Kier alpha value is -3.63. The van der Waals surface area contributed by atoms with E-state index in [1.54, 1.807) is 29.4 Å². The highest BCUT2D eigenvalue weighted by molar-refractivity contribution is 5.98. The van der Waals surface area contributed by atoms with Crippen molar-refractivity contribution in [2.24, 2.45) is 5.92 Å². The lowest BCUT2D eigenvalue weighted by molar-refractivity contribution is -0.138. The van der Waals surface area contributed by atoms with Gasteiger partial charge in [-0.25, -0.2) is 24.9 Å². The number of halogens is 3. The van der Waals surface area contributed by atoms with Gasteiger partial charge in [-0.05, 0) is 43.9 Å². The van der Waals surface area contributed by atoms with Crippen LogP contribution >= 0.6 is 0 Å². The summed E-state index contributed by atoms with van der Waals surface area (Å²) in [5, 5.41) is 2.99. The maximum Gasteiger partial charge on any atom is 0.419 e. The molecule has 3 aromatic heterocycles. The summed E-state index contributed by atoms with van der Waals surface area (Å²) in [7, 11) is 0. The molecule has 8 nitrogen and oxygen atoms in total. The molecular weight excluding hydrogens is 447 g/mol. The summed E-state index contributed by atoms with van der Waals surface area (Å²) in [6.45, 7) is 4.69. The van der Waals surface area contributed by atoms with Crippen molar-refractivity contribution >= 4 is 11.9 Å². The van der Waals surface area contributed by atoms with Crippen molar-refractivity contribution in [1.29, 1.82) is 0 Å². The molecule has 1 amide bonds. The van der Waals surface area contributed by atoms with Crippen LogP contribution in [0.5, 0.6) is 0 Å². The van der Waals surface area contributed by atoms with Crippen molar-refractivity contribution < 1.29 is 18.0 Å². The normalized spacial score (nSPS) is 18.6. The molecule has 3 aromatic rings. The first-order valence-electron chi connectivity index (χ1n) is 10.9.